The Morgan fingerprint density at radius 3 is 2.72 bits per heavy atom. The first-order valence-electron chi connectivity index (χ1n) is 7.80. The molecule has 7 heteroatoms. The van der Waals surface area contributed by atoms with Crippen LogP contribution >= 0.6 is 0 Å². The lowest BCUT2D eigenvalue weighted by Crippen LogP contribution is -2.08. The molecule has 2 aromatic heterocycles. The van der Waals surface area contributed by atoms with Crippen molar-refractivity contribution in [1.82, 2.24) is 15.2 Å². The van der Waals surface area contributed by atoms with E-state index in [2.05, 4.69) is 15.2 Å². The number of H-pyrrole nitrogens is 1. The van der Waals surface area contributed by atoms with Gasteiger partial charge in [-0.3, -0.25) is 5.10 Å². The smallest absolute Gasteiger partial charge is 0.212 e. The number of rotatable bonds is 8. The maximum absolute atomic E-state index is 12.9. The van der Waals surface area contributed by atoms with Gasteiger partial charge in [0.05, 0.1) is 24.6 Å². The zero-order valence-corrected chi connectivity index (χ0v) is 13.4. The number of aromatic amines is 1. The molecule has 25 heavy (non-hydrogen) atoms. The predicted octanol–water partition coefficient (Wildman–Crippen LogP) is 3.64. The van der Waals surface area contributed by atoms with Crippen LogP contribution < -0.4 is 4.74 Å². The maximum atomic E-state index is 12.9. The predicted molar refractivity (Wildman–Crippen MR) is 89.5 cm³/mol. The summed E-state index contributed by atoms with van der Waals surface area (Å²) < 4.78 is 35.5. The first-order valence-corrected chi connectivity index (χ1v) is 7.80. The zero-order valence-electron chi connectivity index (χ0n) is 13.4. The van der Waals surface area contributed by atoms with Crippen LogP contribution in [0.1, 0.15) is 0 Å². The Morgan fingerprint density at radius 1 is 1.00 bits per heavy atom. The fraction of sp³-hybridized carbons (Fsp3) is 0.222. The van der Waals surface area contributed by atoms with Crippen LogP contribution in [-0.2, 0) is 4.74 Å². The van der Waals surface area contributed by atoms with Gasteiger partial charge in [0.2, 0.25) is 5.95 Å². The van der Waals surface area contributed by atoms with Crippen molar-refractivity contribution in [2.45, 2.75) is 0 Å². The standard InChI is InChI=1S/C18H17F2N3O2/c19-6-7-24-8-9-25-15-3-1-2-13(10-15)16-11-17(23-22-16)14-4-5-18(20)21-12-14/h1-5,10-12H,6-9H2,(H,22,23). The fourth-order valence-corrected chi connectivity index (χ4v) is 2.27. The first-order chi connectivity index (χ1) is 12.3. The van der Waals surface area contributed by atoms with Crippen molar-refractivity contribution < 1.29 is 18.3 Å². The molecule has 0 atom stereocenters. The van der Waals surface area contributed by atoms with E-state index in [1.807, 2.05) is 30.3 Å². The second-order valence-electron chi connectivity index (χ2n) is 5.21. The molecule has 5 nitrogen and oxygen atoms in total. The van der Waals surface area contributed by atoms with Crippen LogP contribution in [-0.4, -0.2) is 41.7 Å². The van der Waals surface area contributed by atoms with Crippen LogP contribution in [0.3, 0.4) is 0 Å². The number of ether oxygens (including phenoxy) is 2. The van der Waals surface area contributed by atoms with Gasteiger partial charge in [-0.1, -0.05) is 12.1 Å². The highest BCUT2D eigenvalue weighted by molar-refractivity contribution is 5.68. The molecule has 0 aliphatic heterocycles. The average Bonchev–Trinajstić information content (AvgIpc) is 3.13. The lowest BCUT2D eigenvalue weighted by atomic mass is 10.1. The summed E-state index contributed by atoms with van der Waals surface area (Å²) in [5, 5.41) is 7.19. The minimum absolute atomic E-state index is 0.0819. The van der Waals surface area contributed by atoms with Crippen molar-refractivity contribution in [2.75, 3.05) is 26.5 Å². The lowest BCUT2D eigenvalue weighted by Gasteiger charge is -2.07. The molecule has 3 rings (SSSR count). The molecular formula is C18H17F2N3O2. The minimum Gasteiger partial charge on any atom is -0.491 e. The summed E-state index contributed by atoms with van der Waals surface area (Å²) >= 11 is 0. The summed E-state index contributed by atoms with van der Waals surface area (Å²) in [7, 11) is 0. The first kappa shape index (κ1) is 17.0. The van der Waals surface area contributed by atoms with Crippen molar-refractivity contribution in [1.29, 1.82) is 0 Å². The molecule has 3 aromatic rings. The number of alkyl halides is 1. The van der Waals surface area contributed by atoms with Gasteiger partial charge in [0.25, 0.3) is 0 Å². The van der Waals surface area contributed by atoms with Crippen molar-refractivity contribution in [3.05, 3.63) is 54.6 Å². The molecule has 0 saturated carbocycles. The third kappa shape index (κ3) is 4.60. The second kappa shape index (κ2) is 8.34. The van der Waals surface area contributed by atoms with Gasteiger partial charge in [-0.05, 0) is 30.3 Å². The highest BCUT2D eigenvalue weighted by Gasteiger charge is 2.07. The highest BCUT2D eigenvalue weighted by Crippen LogP contribution is 2.26. The molecule has 1 aromatic carbocycles. The third-order valence-corrected chi connectivity index (χ3v) is 3.46. The molecule has 0 unspecified atom stereocenters. The molecule has 1 N–H and O–H groups in total. The number of nitrogens with zero attached hydrogens (tertiary/aromatic N) is 2. The SMILES string of the molecule is FCCOCCOc1cccc(-c2cc(-c3ccc(F)nc3)n[nH]2)c1. The maximum Gasteiger partial charge on any atom is 0.212 e. The Kier molecular flexibility index (Phi) is 5.69. The third-order valence-electron chi connectivity index (χ3n) is 3.46. The number of nitrogens with one attached hydrogen (secondary N) is 1. The van der Waals surface area contributed by atoms with Crippen LogP contribution in [0.5, 0.6) is 5.75 Å². The second-order valence-corrected chi connectivity index (χ2v) is 5.21. The summed E-state index contributed by atoms with van der Waals surface area (Å²) in [6, 6.07) is 12.3. The molecule has 0 fully saturated rings. The average molecular weight is 345 g/mol. The van der Waals surface area contributed by atoms with E-state index < -0.39 is 12.6 Å². The number of pyridine rings is 1. The van der Waals surface area contributed by atoms with Gasteiger partial charge in [-0.25, -0.2) is 9.37 Å². The molecule has 0 bridgehead atoms. The topological polar surface area (TPSA) is 60.0 Å². The quantitative estimate of drug-likeness (QED) is 0.500. The molecular weight excluding hydrogens is 328 g/mol. The van der Waals surface area contributed by atoms with Crippen LogP contribution in [0.25, 0.3) is 22.5 Å². The van der Waals surface area contributed by atoms with Crippen molar-refractivity contribution in [3.8, 4) is 28.3 Å². The summed E-state index contributed by atoms with van der Waals surface area (Å²) in [5.41, 5.74) is 3.10. The molecule has 2 heterocycles. The highest BCUT2D eigenvalue weighted by atomic mass is 19.1. The Bertz CT molecular complexity index is 806. The normalized spacial score (nSPS) is 10.8. The number of benzene rings is 1. The van der Waals surface area contributed by atoms with E-state index in [0.29, 0.717) is 24.7 Å². The van der Waals surface area contributed by atoms with Crippen LogP contribution in [0.15, 0.2) is 48.7 Å². The number of hydrogen-bond acceptors (Lipinski definition) is 4. The van der Waals surface area contributed by atoms with Crippen molar-refractivity contribution in [3.63, 3.8) is 0 Å². The molecule has 0 aliphatic carbocycles. The molecule has 0 amide bonds. The van der Waals surface area contributed by atoms with E-state index >= 15 is 0 Å². The van der Waals surface area contributed by atoms with Gasteiger partial charge >= 0.3 is 0 Å². The number of hydrogen-bond donors (Lipinski definition) is 1. The Balaban J connectivity index is 1.68. The van der Waals surface area contributed by atoms with Crippen LogP contribution in [0, 0.1) is 5.95 Å². The summed E-state index contributed by atoms with van der Waals surface area (Å²) in [4.78, 5) is 3.63. The molecule has 0 aliphatic rings. The van der Waals surface area contributed by atoms with Gasteiger partial charge in [0.15, 0.2) is 0 Å². The largest absolute Gasteiger partial charge is 0.491 e. The van der Waals surface area contributed by atoms with Gasteiger partial charge in [-0.2, -0.15) is 9.49 Å². The Hall–Kier alpha value is -2.80. The van der Waals surface area contributed by atoms with E-state index in [1.54, 1.807) is 6.07 Å². The van der Waals surface area contributed by atoms with E-state index in [0.717, 1.165) is 16.8 Å². The minimum atomic E-state index is -0.528. The van der Waals surface area contributed by atoms with E-state index in [1.165, 1.54) is 12.3 Å². The zero-order chi connectivity index (χ0) is 17.5. The Morgan fingerprint density at radius 2 is 1.92 bits per heavy atom. The summed E-state index contributed by atoms with van der Waals surface area (Å²) in [6.07, 6.45) is 1.44. The van der Waals surface area contributed by atoms with Crippen molar-refractivity contribution in [2.24, 2.45) is 0 Å². The van der Waals surface area contributed by atoms with E-state index in [4.69, 9.17) is 9.47 Å². The van der Waals surface area contributed by atoms with Crippen LogP contribution in [0.2, 0.25) is 0 Å². The van der Waals surface area contributed by atoms with E-state index in [-0.39, 0.29) is 6.61 Å². The summed E-state index contributed by atoms with van der Waals surface area (Å²) in [6.45, 7) is 0.263. The van der Waals surface area contributed by atoms with Gasteiger partial charge in [0.1, 0.15) is 19.0 Å². The van der Waals surface area contributed by atoms with Gasteiger partial charge in [-0.15, -0.1) is 0 Å². The van der Waals surface area contributed by atoms with Crippen molar-refractivity contribution >= 4 is 0 Å². The summed E-state index contributed by atoms with van der Waals surface area (Å²) in [5.74, 6) is 0.154. The number of halogens is 2. The molecule has 0 saturated heterocycles. The number of aromatic nitrogens is 3. The van der Waals surface area contributed by atoms with E-state index in [9.17, 15) is 8.78 Å². The monoisotopic (exact) mass is 345 g/mol. The van der Waals surface area contributed by atoms with Crippen LogP contribution in [0.4, 0.5) is 8.78 Å². The molecule has 0 spiro atoms. The lowest BCUT2D eigenvalue weighted by molar-refractivity contribution is 0.0897. The van der Waals surface area contributed by atoms with Gasteiger partial charge in [0, 0.05) is 17.3 Å². The van der Waals surface area contributed by atoms with Gasteiger partial charge < -0.3 is 9.47 Å². The molecule has 0 radical (unpaired) electrons. The molecule has 130 valence electrons. The Labute approximate surface area is 143 Å². The fourth-order valence-electron chi connectivity index (χ4n) is 2.27.